The van der Waals surface area contributed by atoms with Crippen LogP contribution in [0.4, 0.5) is 4.39 Å². The van der Waals surface area contributed by atoms with Crippen LogP contribution in [0.3, 0.4) is 0 Å². The standard InChI is InChI=1S/C19H24FNO4/c1-4-25-19-17(23-2)9-13(10-18(19)24-3)11-21-12-16(22)14-7-5-6-8-15(14)20/h5-10,16,21-22H,4,11-12H2,1-3H3. The number of aliphatic hydroxyl groups excluding tert-OH is 1. The second-order valence-corrected chi connectivity index (χ2v) is 5.43. The molecule has 1 unspecified atom stereocenters. The van der Waals surface area contributed by atoms with Gasteiger partial charge in [0.15, 0.2) is 11.5 Å². The van der Waals surface area contributed by atoms with Gasteiger partial charge in [0.2, 0.25) is 5.75 Å². The first-order valence-electron chi connectivity index (χ1n) is 8.11. The van der Waals surface area contributed by atoms with E-state index >= 15 is 0 Å². The molecular weight excluding hydrogens is 325 g/mol. The van der Waals surface area contributed by atoms with Gasteiger partial charge in [-0.1, -0.05) is 18.2 Å². The van der Waals surface area contributed by atoms with Crippen molar-refractivity contribution in [2.24, 2.45) is 0 Å². The summed E-state index contributed by atoms with van der Waals surface area (Å²) in [5, 5.41) is 13.2. The molecule has 0 amide bonds. The zero-order valence-electron chi connectivity index (χ0n) is 14.7. The van der Waals surface area contributed by atoms with E-state index in [-0.39, 0.29) is 12.1 Å². The SMILES string of the molecule is CCOc1c(OC)cc(CNCC(O)c2ccccc2F)cc1OC. The van der Waals surface area contributed by atoms with Crippen molar-refractivity contribution >= 4 is 0 Å². The van der Waals surface area contributed by atoms with Crippen LogP contribution in [-0.4, -0.2) is 32.5 Å². The number of benzene rings is 2. The minimum atomic E-state index is -0.923. The van der Waals surface area contributed by atoms with Crippen molar-refractivity contribution < 1.29 is 23.7 Å². The molecule has 0 saturated carbocycles. The van der Waals surface area contributed by atoms with Gasteiger partial charge in [-0.15, -0.1) is 0 Å². The minimum absolute atomic E-state index is 0.221. The van der Waals surface area contributed by atoms with Crippen molar-refractivity contribution in [3.63, 3.8) is 0 Å². The van der Waals surface area contributed by atoms with Crippen molar-refractivity contribution in [3.05, 3.63) is 53.3 Å². The van der Waals surface area contributed by atoms with Gasteiger partial charge >= 0.3 is 0 Å². The van der Waals surface area contributed by atoms with Crippen LogP contribution < -0.4 is 19.5 Å². The van der Waals surface area contributed by atoms with Crippen LogP contribution in [0.5, 0.6) is 17.2 Å². The van der Waals surface area contributed by atoms with Crippen molar-refractivity contribution in [2.45, 2.75) is 19.6 Å². The Morgan fingerprint density at radius 3 is 2.32 bits per heavy atom. The minimum Gasteiger partial charge on any atom is -0.493 e. The van der Waals surface area contributed by atoms with Crippen LogP contribution in [0.15, 0.2) is 36.4 Å². The first-order chi connectivity index (χ1) is 12.1. The third kappa shape index (κ3) is 4.84. The van der Waals surface area contributed by atoms with E-state index in [2.05, 4.69) is 5.32 Å². The van der Waals surface area contributed by atoms with E-state index in [1.165, 1.54) is 6.07 Å². The summed E-state index contributed by atoms with van der Waals surface area (Å²) in [6.07, 6.45) is -0.923. The molecule has 0 spiro atoms. The number of aliphatic hydroxyl groups is 1. The highest BCUT2D eigenvalue weighted by Gasteiger charge is 2.15. The summed E-state index contributed by atoms with van der Waals surface area (Å²) < 4.78 is 30.0. The van der Waals surface area contributed by atoms with Crippen LogP contribution >= 0.6 is 0 Å². The zero-order chi connectivity index (χ0) is 18.2. The van der Waals surface area contributed by atoms with Crippen LogP contribution in [-0.2, 0) is 6.54 Å². The highest BCUT2D eigenvalue weighted by molar-refractivity contribution is 5.53. The van der Waals surface area contributed by atoms with E-state index in [0.29, 0.717) is 30.4 Å². The lowest BCUT2D eigenvalue weighted by Crippen LogP contribution is -2.21. The van der Waals surface area contributed by atoms with Gasteiger partial charge in [0.05, 0.1) is 26.9 Å². The molecule has 1 atom stereocenters. The van der Waals surface area contributed by atoms with Crippen LogP contribution in [0.2, 0.25) is 0 Å². The topological polar surface area (TPSA) is 60.0 Å². The number of rotatable bonds is 9. The third-order valence-corrected chi connectivity index (χ3v) is 3.74. The monoisotopic (exact) mass is 349 g/mol. The van der Waals surface area contributed by atoms with Crippen molar-refractivity contribution in [3.8, 4) is 17.2 Å². The summed E-state index contributed by atoms with van der Waals surface area (Å²) in [4.78, 5) is 0. The number of hydrogen-bond acceptors (Lipinski definition) is 5. The molecule has 6 heteroatoms. The van der Waals surface area contributed by atoms with Gasteiger partial charge in [0.1, 0.15) is 5.82 Å². The smallest absolute Gasteiger partial charge is 0.203 e. The molecule has 0 fully saturated rings. The predicted molar refractivity (Wildman–Crippen MR) is 93.8 cm³/mol. The van der Waals surface area contributed by atoms with E-state index < -0.39 is 11.9 Å². The number of halogens is 1. The van der Waals surface area contributed by atoms with Crippen LogP contribution in [0.1, 0.15) is 24.2 Å². The second-order valence-electron chi connectivity index (χ2n) is 5.43. The summed E-state index contributed by atoms with van der Waals surface area (Å²) in [6.45, 7) is 3.07. The van der Waals surface area contributed by atoms with Gasteiger partial charge in [-0.05, 0) is 30.7 Å². The molecule has 0 saturated heterocycles. The molecule has 5 nitrogen and oxygen atoms in total. The zero-order valence-corrected chi connectivity index (χ0v) is 14.7. The summed E-state index contributed by atoms with van der Waals surface area (Å²) in [5.74, 6) is 1.30. The molecule has 0 radical (unpaired) electrons. The molecular formula is C19H24FNO4. The summed E-state index contributed by atoms with van der Waals surface area (Å²) >= 11 is 0. The van der Waals surface area contributed by atoms with Crippen molar-refractivity contribution in [1.82, 2.24) is 5.32 Å². The summed E-state index contributed by atoms with van der Waals surface area (Å²) in [6, 6.07) is 9.89. The summed E-state index contributed by atoms with van der Waals surface area (Å²) in [5.41, 5.74) is 1.18. The Morgan fingerprint density at radius 2 is 1.76 bits per heavy atom. The van der Waals surface area contributed by atoms with E-state index in [1.807, 2.05) is 19.1 Å². The molecule has 0 aromatic heterocycles. The largest absolute Gasteiger partial charge is 0.493 e. The first kappa shape index (κ1) is 19.0. The summed E-state index contributed by atoms with van der Waals surface area (Å²) in [7, 11) is 3.13. The van der Waals surface area contributed by atoms with E-state index in [4.69, 9.17) is 14.2 Å². The molecule has 0 heterocycles. The van der Waals surface area contributed by atoms with Gasteiger partial charge in [-0.2, -0.15) is 0 Å². The van der Waals surface area contributed by atoms with Crippen molar-refractivity contribution in [1.29, 1.82) is 0 Å². The molecule has 0 aliphatic heterocycles. The number of hydrogen-bond donors (Lipinski definition) is 2. The highest BCUT2D eigenvalue weighted by Crippen LogP contribution is 2.38. The lowest BCUT2D eigenvalue weighted by atomic mass is 10.1. The van der Waals surface area contributed by atoms with Gasteiger partial charge in [0, 0.05) is 18.7 Å². The normalized spacial score (nSPS) is 11.9. The molecule has 2 rings (SSSR count). The van der Waals surface area contributed by atoms with Crippen molar-refractivity contribution in [2.75, 3.05) is 27.4 Å². The average molecular weight is 349 g/mol. The van der Waals surface area contributed by atoms with Gasteiger partial charge in [0.25, 0.3) is 0 Å². The Balaban J connectivity index is 2.04. The Bertz CT molecular complexity index is 668. The first-order valence-corrected chi connectivity index (χ1v) is 8.11. The maximum absolute atomic E-state index is 13.7. The fourth-order valence-corrected chi connectivity index (χ4v) is 2.53. The molecule has 25 heavy (non-hydrogen) atoms. The third-order valence-electron chi connectivity index (χ3n) is 3.74. The fourth-order valence-electron chi connectivity index (χ4n) is 2.53. The molecule has 0 aliphatic rings. The molecule has 136 valence electrons. The van der Waals surface area contributed by atoms with Gasteiger partial charge in [-0.25, -0.2) is 4.39 Å². The Labute approximate surface area is 147 Å². The number of methoxy groups -OCH3 is 2. The lowest BCUT2D eigenvalue weighted by Gasteiger charge is -2.16. The Hall–Kier alpha value is -2.31. The molecule has 2 aromatic rings. The van der Waals surface area contributed by atoms with E-state index in [0.717, 1.165) is 5.56 Å². The molecule has 0 bridgehead atoms. The lowest BCUT2D eigenvalue weighted by molar-refractivity contribution is 0.169. The highest BCUT2D eigenvalue weighted by atomic mass is 19.1. The Morgan fingerprint density at radius 1 is 1.12 bits per heavy atom. The molecule has 2 aromatic carbocycles. The Kier molecular flexibility index (Phi) is 7.03. The second kappa shape index (κ2) is 9.25. The van der Waals surface area contributed by atoms with E-state index in [1.54, 1.807) is 32.4 Å². The number of ether oxygens (including phenoxy) is 3. The average Bonchev–Trinajstić information content (AvgIpc) is 2.62. The maximum atomic E-state index is 13.7. The molecule has 2 N–H and O–H groups in total. The van der Waals surface area contributed by atoms with Crippen LogP contribution in [0.25, 0.3) is 0 Å². The maximum Gasteiger partial charge on any atom is 0.203 e. The quantitative estimate of drug-likeness (QED) is 0.729. The molecule has 0 aliphatic carbocycles. The number of nitrogens with one attached hydrogen (secondary N) is 1. The van der Waals surface area contributed by atoms with Gasteiger partial charge < -0.3 is 24.6 Å². The van der Waals surface area contributed by atoms with E-state index in [9.17, 15) is 9.50 Å². The predicted octanol–water partition coefficient (Wildman–Crippen LogP) is 3.06. The van der Waals surface area contributed by atoms with Gasteiger partial charge in [-0.3, -0.25) is 0 Å². The fraction of sp³-hybridized carbons (Fsp3) is 0.368. The van der Waals surface area contributed by atoms with Crippen LogP contribution in [0, 0.1) is 5.82 Å².